The smallest absolute Gasteiger partial charge is 0.234 e. The number of benzene rings is 2. The van der Waals surface area contributed by atoms with E-state index in [1.165, 1.54) is 17.8 Å². The molecule has 3 nitrogen and oxygen atoms in total. The quantitative estimate of drug-likeness (QED) is 0.627. The lowest BCUT2D eigenvalue weighted by Crippen LogP contribution is -2.14. The maximum atomic E-state index is 13.4. The molecule has 0 heterocycles. The highest BCUT2D eigenvalue weighted by Gasteiger charge is 2.07. The van der Waals surface area contributed by atoms with E-state index in [1.807, 2.05) is 6.07 Å². The highest BCUT2D eigenvalue weighted by atomic mass is 79.9. The van der Waals surface area contributed by atoms with Crippen LogP contribution in [0.15, 0.2) is 45.8 Å². The van der Waals surface area contributed by atoms with E-state index in [1.54, 1.807) is 31.2 Å². The van der Waals surface area contributed by atoms with Crippen molar-refractivity contribution in [3.8, 4) is 0 Å². The Hall–Kier alpha value is -1.53. The van der Waals surface area contributed by atoms with Crippen LogP contribution in [0.25, 0.3) is 0 Å². The van der Waals surface area contributed by atoms with Crippen molar-refractivity contribution >= 4 is 45.0 Å². The minimum atomic E-state index is -0.332. The number of hydrogen-bond donors (Lipinski definition) is 2. The Labute approximate surface area is 135 Å². The fourth-order valence-corrected chi connectivity index (χ4v) is 3.10. The zero-order valence-electron chi connectivity index (χ0n) is 11.3. The molecular formula is C15H14BrFN2OS. The Bertz CT molecular complexity index is 679. The van der Waals surface area contributed by atoms with Gasteiger partial charge in [-0.2, -0.15) is 0 Å². The number of thioether (sulfide) groups is 1. The molecule has 0 aliphatic heterocycles. The molecule has 0 bridgehead atoms. The van der Waals surface area contributed by atoms with Gasteiger partial charge in [0.2, 0.25) is 5.91 Å². The van der Waals surface area contributed by atoms with Crippen LogP contribution < -0.4 is 11.1 Å². The molecule has 1 amide bonds. The highest BCUT2D eigenvalue weighted by Crippen LogP contribution is 2.29. The molecule has 2 aromatic rings. The van der Waals surface area contributed by atoms with Gasteiger partial charge in [-0.05, 0) is 58.7 Å². The van der Waals surface area contributed by atoms with E-state index in [9.17, 15) is 9.18 Å². The van der Waals surface area contributed by atoms with Crippen molar-refractivity contribution in [2.24, 2.45) is 0 Å². The zero-order valence-corrected chi connectivity index (χ0v) is 13.7. The summed E-state index contributed by atoms with van der Waals surface area (Å²) >= 11 is 4.78. The molecule has 3 N–H and O–H groups in total. The minimum Gasteiger partial charge on any atom is -0.399 e. The van der Waals surface area contributed by atoms with Crippen LogP contribution in [0.5, 0.6) is 0 Å². The van der Waals surface area contributed by atoms with Gasteiger partial charge in [-0.15, -0.1) is 11.8 Å². The Kier molecular flexibility index (Phi) is 5.25. The van der Waals surface area contributed by atoms with Crippen molar-refractivity contribution in [3.05, 3.63) is 52.3 Å². The number of carbonyl (C=O) groups is 1. The van der Waals surface area contributed by atoms with E-state index in [0.717, 1.165) is 9.37 Å². The SMILES string of the molecule is Cc1ccc(NC(=O)CSc2ccc(N)cc2Br)cc1F. The van der Waals surface area contributed by atoms with E-state index in [4.69, 9.17) is 5.73 Å². The maximum Gasteiger partial charge on any atom is 0.234 e. The van der Waals surface area contributed by atoms with Gasteiger partial charge in [-0.25, -0.2) is 4.39 Å². The van der Waals surface area contributed by atoms with Gasteiger partial charge in [-0.1, -0.05) is 6.07 Å². The number of nitrogens with two attached hydrogens (primary N) is 1. The predicted octanol–water partition coefficient (Wildman–Crippen LogP) is 4.21. The lowest BCUT2D eigenvalue weighted by Gasteiger charge is -2.07. The van der Waals surface area contributed by atoms with Crippen molar-refractivity contribution in [3.63, 3.8) is 0 Å². The average molecular weight is 369 g/mol. The highest BCUT2D eigenvalue weighted by molar-refractivity contribution is 9.10. The van der Waals surface area contributed by atoms with Crippen molar-refractivity contribution in [1.82, 2.24) is 0 Å². The fraction of sp³-hybridized carbons (Fsp3) is 0.133. The van der Waals surface area contributed by atoms with E-state index < -0.39 is 0 Å². The van der Waals surface area contributed by atoms with Crippen molar-refractivity contribution < 1.29 is 9.18 Å². The second-order valence-electron chi connectivity index (χ2n) is 4.49. The van der Waals surface area contributed by atoms with Crippen LogP contribution in [0.2, 0.25) is 0 Å². The summed E-state index contributed by atoms with van der Waals surface area (Å²) in [6.07, 6.45) is 0. The molecule has 2 aromatic carbocycles. The first-order chi connectivity index (χ1) is 9.95. The lowest BCUT2D eigenvalue weighted by atomic mass is 10.2. The second-order valence-corrected chi connectivity index (χ2v) is 6.36. The van der Waals surface area contributed by atoms with Gasteiger partial charge in [0, 0.05) is 20.7 Å². The van der Waals surface area contributed by atoms with Crippen LogP contribution in [0.4, 0.5) is 15.8 Å². The molecule has 2 rings (SSSR count). The number of nitrogens with one attached hydrogen (secondary N) is 1. The summed E-state index contributed by atoms with van der Waals surface area (Å²) < 4.78 is 14.2. The van der Waals surface area contributed by atoms with Gasteiger partial charge in [0.25, 0.3) is 0 Å². The molecule has 0 unspecified atom stereocenters. The van der Waals surface area contributed by atoms with Crippen LogP contribution in [0.3, 0.4) is 0 Å². The van der Waals surface area contributed by atoms with Crippen LogP contribution in [-0.2, 0) is 4.79 Å². The molecule has 0 atom stereocenters. The average Bonchev–Trinajstić information content (AvgIpc) is 2.42. The number of halogens is 2. The van der Waals surface area contributed by atoms with E-state index in [-0.39, 0.29) is 17.5 Å². The van der Waals surface area contributed by atoms with Crippen molar-refractivity contribution in [2.75, 3.05) is 16.8 Å². The monoisotopic (exact) mass is 368 g/mol. The topological polar surface area (TPSA) is 55.1 Å². The maximum absolute atomic E-state index is 13.4. The third kappa shape index (κ3) is 4.47. The molecule has 0 saturated carbocycles. The summed E-state index contributed by atoms with van der Waals surface area (Å²) in [5.74, 6) is -0.286. The predicted molar refractivity (Wildman–Crippen MR) is 89.0 cm³/mol. The van der Waals surface area contributed by atoms with Gasteiger partial charge >= 0.3 is 0 Å². The third-order valence-electron chi connectivity index (χ3n) is 2.77. The van der Waals surface area contributed by atoms with Gasteiger partial charge in [0.15, 0.2) is 0 Å². The molecule has 110 valence electrons. The Morgan fingerprint density at radius 1 is 1.33 bits per heavy atom. The Morgan fingerprint density at radius 3 is 2.76 bits per heavy atom. The first-order valence-electron chi connectivity index (χ1n) is 6.19. The van der Waals surface area contributed by atoms with Crippen molar-refractivity contribution in [1.29, 1.82) is 0 Å². The molecule has 0 radical (unpaired) electrons. The van der Waals surface area contributed by atoms with E-state index in [0.29, 0.717) is 16.9 Å². The van der Waals surface area contributed by atoms with Crippen LogP contribution in [-0.4, -0.2) is 11.7 Å². The first-order valence-corrected chi connectivity index (χ1v) is 7.97. The first kappa shape index (κ1) is 15.9. The molecular weight excluding hydrogens is 355 g/mol. The van der Waals surface area contributed by atoms with Crippen LogP contribution in [0.1, 0.15) is 5.56 Å². The summed E-state index contributed by atoms with van der Waals surface area (Å²) in [7, 11) is 0. The van der Waals surface area contributed by atoms with Crippen LogP contribution in [0, 0.1) is 12.7 Å². The minimum absolute atomic E-state index is 0.188. The zero-order chi connectivity index (χ0) is 15.4. The summed E-state index contributed by atoms with van der Waals surface area (Å²) in [4.78, 5) is 12.8. The molecule has 6 heteroatoms. The van der Waals surface area contributed by atoms with Crippen LogP contribution >= 0.6 is 27.7 Å². The summed E-state index contributed by atoms with van der Waals surface area (Å²) in [5, 5.41) is 2.67. The molecule has 0 aliphatic carbocycles. The molecule has 0 aromatic heterocycles. The normalized spacial score (nSPS) is 10.4. The molecule has 0 aliphatic rings. The number of anilines is 2. The summed E-state index contributed by atoms with van der Waals surface area (Å²) in [6, 6.07) is 10.0. The second kappa shape index (κ2) is 6.95. The number of nitrogen functional groups attached to an aromatic ring is 1. The number of carbonyl (C=O) groups excluding carboxylic acids is 1. The lowest BCUT2D eigenvalue weighted by molar-refractivity contribution is -0.113. The third-order valence-corrected chi connectivity index (χ3v) is 4.76. The number of amides is 1. The Morgan fingerprint density at radius 2 is 2.10 bits per heavy atom. The molecule has 0 spiro atoms. The number of hydrogen-bond acceptors (Lipinski definition) is 3. The largest absolute Gasteiger partial charge is 0.399 e. The van der Waals surface area contributed by atoms with Gasteiger partial charge in [0.05, 0.1) is 5.75 Å². The number of aryl methyl sites for hydroxylation is 1. The molecule has 0 saturated heterocycles. The molecule has 0 fully saturated rings. The van der Waals surface area contributed by atoms with Crippen molar-refractivity contribution in [2.45, 2.75) is 11.8 Å². The fourth-order valence-electron chi connectivity index (χ4n) is 1.65. The summed E-state index contributed by atoms with van der Waals surface area (Å²) in [6.45, 7) is 1.68. The number of rotatable bonds is 4. The van der Waals surface area contributed by atoms with E-state index in [2.05, 4.69) is 21.2 Å². The van der Waals surface area contributed by atoms with E-state index >= 15 is 0 Å². The van der Waals surface area contributed by atoms with Gasteiger partial charge < -0.3 is 11.1 Å². The summed E-state index contributed by atoms with van der Waals surface area (Å²) in [5.41, 5.74) is 7.32. The van der Waals surface area contributed by atoms with Gasteiger partial charge in [-0.3, -0.25) is 4.79 Å². The van der Waals surface area contributed by atoms with Gasteiger partial charge in [0.1, 0.15) is 5.82 Å². The Balaban J connectivity index is 1.94. The standard InChI is InChI=1S/C15H14BrFN2OS/c1-9-2-4-11(7-13(9)17)19-15(20)8-21-14-5-3-10(18)6-12(14)16/h2-7H,8,18H2,1H3,(H,19,20). The molecule has 21 heavy (non-hydrogen) atoms.